The first-order valence-electron chi connectivity index (χ1n) is 4.09. The highest BCUT2D eigenvalue weighted by molar-refractivity contribution is 5.88. The summed E-state index contributed by atoms with van der Waals surface area (Å²) in [5, 5.41) is 6.09. The molecule has 0 spiro atoms. The van der Waals surface area contributed by atoms with Crippen LogP contribution in [-0.4, -0.2) is 25.3 Å². The van der Waals surface area contributed by atoms with Gasteiger partial charge in [-0.25, -0.2) is 4.79 Å². The zero-order valence-corrected chi connectivity index (χ0v) is 7.39. The molecule has 1 rings (SSSR count). The van der Waals surface area contributed by atoms with Crippen LogP contribution in [0.3, 0.4) is 0 Å². The van der Waals surface area contributed by atoms with E-state index >= 15 is 0 Å². The third-order valence-electron chi connectivity index (χ3n) is 1.64. The lowest BCUT2D eigenvalue weighted by Gasteiger charge is -2.20. The van der Waals surface area contributed by atoms with Crippen LogP contribution in [0.5, 0.6) is 0 Å². The number of hydrogen-bond acceptors (Lipinski definition) is 4. The van der Waals surface area contributed by atoms with Crippen LogP contribution >= 0.6 is 0 Å². The number of rotatable bonds is 2. The van der Waals surface area contributed by atoms with Crippen molar-refractivity contribution in [2.24, 2.45) is 0 Å². The van der Waals surface area contributed by atoms with Crippen LogP contribution in [0.1, 0.15) is 13.8 Å². The Morgan fingerprint density at radius 1 is 1.83 bits per heavy atom. The minimum atomic E-state index is -0.246. The number of ether oxygens (including phenoxy) is 1. The van der Waals surface area contributed by atoms with Crippen LogP contribution in [-0.2, 0) is 9.53 Å². The summed E-state index contributed by atoms with van der Waals surface area (Å²) in [4.78, 5) is 11.1. The summed E-state index contributed by atoms with van der Waals surface area (Å²) in [5.41, 5.74) is 0.648. The average Bonchev–Trinajstić information content (AvgIpc) is 2.06. The second-order valence-electron chi connectivity index (χ2n) is 2.66. The topological polar surface area (TPSA) is 50.4 Å². The lowest BCUT2D eigenvalue weighted by atomic mass is 10.2. The van der Waals surface area contributed by atoms with Gasteiger partial charge in [0.2, 0.25) is 0 Å². The smallest absolute Gasteiger partial charge is 0.336 e. The van der Waals surface area contributed by atoms with Gasteiger partial charge < -0.3 is 10.1 Å². The molecule has 0 fully saturated rings. The molecular formula is C8H14N2O2. The van der Waals surface area contributed by atoms with E-state index in [0.717, 1.165) is 0 Å². The van der Waals surface area contributed by atoms with Crippen LogP contribution in [0.25, 0.3) is 0 Å². The van der Waals surface area contributed by atoms with E-state index in [2.05, 4.69) is 10.6 Å². The molecule has 0 aromatic carbocycles. The maximum atomic E-state index is 11.1. The number of hydrogen-bond donors (Lipinski definition) is 2. The largest absolute Gasteiger partial charge is 0.463 e. The predicted octanol–water partition coefficient (Wildman–Crippen LogP) is -0.0278. The Bertz CT molecular complexity index is 201. The van der Waals surface area contributed by atoms with Gasteiger partial charge in [0.25, 0.3) is 0 Å². The average molecular weight is 170 g/mol. The SMILES string of the molecule is CCOC(=O)C1=CNC(C)NC1. The number of carbonyl (C=O) groups is 1. The Balaban J connectivity index is 2.47. The first-order chi connectivity index (χ1) is 5.74. The number of carbonyl (C=O) groups excluding carboxylic acids is 1. The van der Waals surface area contributed by atoms with E-state index in [0.29, 0.717) is 18.7 Å². The van der Waals surface area contributed by atoms with Gasteiger partial charge in [0.05, 0.1) is 18.3 Å². The molecule has 4 nitrogen and oxygen atoms in total. The molecule has 68 valence electrons. The number of esters is 1. The van der Waals surface area contributed by atoms with E-state index in [-0.39, 0.29) is 12.1 Å². The van der Waals surface area contributed by atoms with E-state index in [9.17, 15) is 4.79 Å². The Labute approximate surface area is 72.0 Å². The second-order valence-corrected chi connectivity index (χ2v) is 2.66. The molecular weight excluding hydrogens is 156 g/mol. The Morgan fingerprint density at radius 2 is 2.58 bits per heavy atom. The lowest BCUT2D eigenvalue weighted by Crippen LogP contribution is -2.43. The molecule has 0 saturated heterocycles. The van der Waals surface area contributed by atoms with Crippen LogP contribution in [0, 0.1) is 0 Å². The normalized spacial score (nSPS) is 22.5. The first kappa shape index (κ1) is 9.06. The summed E-state index contributed by atoms with van der Waals surface area (Å²) >= 11 is 0. The fourth-order valence-corrected chi connectivity index (χ4v) is 0.953. The van der Waals surface area contributed by atoms with Crippen molar-refractivity contribution in [2.45, 2.75) is 20.0 Å². The van der Waals surface area contributed by atoms with Crippen LogP contribution in [0.4, 0.5) is 0 Å². The molecule has 1 unspecified atom stereocenters. The van der Waals surface area contributed by atoms with Gasteiger partial charge in [0, 0.05) is 12.7 Å². The highest BCUT2D eigenvalue weighted by Crippen LogP contribution is 1.99. The third kappa shape index (κ3) is 2.23. The summed E-state index contributed by atoms with van der Waals surface area (Å²) in [6.45, 7) is 4.78. The Morgan fingerprint density at radius 3 is 3.08 bits per heavy atom. The molecule has 1 heterocycles. The highest BCUT2D eigenvalue weighted by Gasteiger charge is 2.14. The monoisotopic (exact) mass is 170 g/mol. The molecule has 0 radical (unpaired) electrons. The molecule has 1 atom stereocenters. The van der Waals surface area contributed by atoms with Crippen molar-refractivity contribution < 1.29 is 9.53 Å². The second kappa shape index (κ2) is 4.11. The summed E-state index contributed by atoms with van der Waals surface area (Å²) in [6.07, 6.45) is 1.93. The molecule has 1 aliphatic heterocycles. The van der Waals surface area contributed by atoms with Crippen molar-refractivity contribution in [1.29, 1.82) is 0 Å². The van der Waals surface area contributed by atoms with E-state index in [1.807, 2.05) is 6.92 Å². The van der Waals surface area contributed by atoms with Crippen LogP contribution in [0.15, 0.2) is 11.8 Å². The van der Waals surface area contributed by atoms with Crippen LogP contribution < -0.4 is 10.6 Å². The molecule has 2 N–H and O–H groups in total. The molecule has 1 aliphatic rings. The summed E-state index contributed by atoms with van der Waals surface area (Å²) in [6, 6.07) is 0. The van der Waals surface area contributed by atoms with Gasteiger partial charge in [-0.1, -0.05) is 0 Å². The standard InChI is InChI=1S/C8H14N2O2/c1-3-12-8(11)7-4-9-6(2)10-5-7/h4,6,9-10H,3,5H2,1-2H3. The van der Waals surface area contributed by atoms with Crippen molar-refractivity contribution in [3.8, 4) is 0 Å². The van der Waals surface area contributed by atoms with Gasteiger partial charge in [-0.05, 0) is 13.8 Å². The molecule has 0 aromatic rings. The van der Waals surface area contributed by atoms with Gasteiger partial charge in [-0.15, -0.1) is 0 Å². The van der Waals surface area contributed by atoms with E-state index in [1.165, 1.54) is 0 Å². The summed E-state index contributed by atoms with van der Waals surface area (Å²) in [5.74, 6) is -0.246. The fraction of sp³-hybridized carbons (Fsp3) is 0.625. The maximum absolute atomic E-state index is 11.1. The van der Waals surface area contributed by atoms with E-state index in [4.69, 9.17) is 4.74 Å². The zero-order chi connectivity index (χ0) is 8.97. The van der Waals surface area contributed by atoms with Crippen molar-refractivity contribution in [1.82, 2.24) is 10.6 Å². The third-order valence-corrected chi connectivity index (χ3v) is 1.64. The molecule has 4 heteroatoms. The predicted molar refractivity (Wildman–Crippen MR) is 45.3 cm³/mol. The lowest BCUT2D eigenvalue weighted by molar-refractivity contribution is -0.138. The molecule has 0 amide bonds. The fourth-order valence-electron chi connectivity index (χ4n) is 0.953. The van der Waals surface area contributed by atoms with Gasteiger partial charge in [0.1, 0.15) is 0 Å². The van der Waals surface area contributed by atoms with Gasteiger partial charge in [-0.2, -0.15) is 0 Å². The van der Waals surface area contributed by atoms with Gasteiger partial charge in [0.15, 0.2) is 0 Å². The summed E-state index contributed by atoms with van der Waals surface area (Å²) < 4.78 is 4.83. The van der Waals surface area contributed by atoms with Crippen molar-refractivity contribution in [3.63, 3.8) is 0 Å². The van der Waals surface area contributed by atoms with Gasteiger partial charge >= 0.3 is 5.97 Å². The van der Waals surface area contributed by atoms with Crippen LogP contribution in [0.2, 0.25) is 0 Å². The van der Waals surface area contributed by atoms with Crippen molar-refractivity contribution >= 4 is 5.97 Å². The van der Waals surface area contributed by atoms with Crippen molar-refractivity contribution in [3.05, 3.63) is 11.8 Å². The van der Waals surface area contributed by atoms with E-state index < -0.39 is 0 Å². The minimum absolute atomic E-state index is 0.225. The Kier molecular flexibility index (Phi) is 3.10. The highest BCUT2D eigenvalue weighted by atomic mass is 16.5. The number of nitrogens with one attached hydrogen (secondary N) is 2. The molecule has 12 heavy (non-hydrogen) atoms. The molecule has 0 aliphatic carbocycles. The van der Waals surface area contributed by atoms with E-state index in [1.54, 1.807) is 13.1 Å². The van der Waals surface area contributed by atoms with Crippen molar-refractivity contribution in [2.75, 3.05) is 13.2 Å². The minimum Gasteiger partial charge on any atom is -0.463 e. The Hall–Kier alpha value is -1.03. The molecule has 0 saturated carbocycles. The first-order valence-corrected chi connectivity index (χ1v) is 4.09. The molecule has 0 aromatic heterocycles. The molecule has 0 bridgehead atoms. The zero-order valence-electron chi connectivity index (χ0n) is 7.39. The summed E-state index contributed by atoms with van der Waals surface area (Å²) in [7, 11) is 0. The van der Waals surface area contributed by atoms with Gasteiger partial charge in [-0.3, -0.25) is 5.32 Å². The quantitative estimate of drug-likeness (QED) is 0.571. The maximum Gasteiger partial charge on any atom is 0.336 e.